The standard InChI is InChI=1S/C11H11FN2O2Si/c1-17(2)6-14-9(15)4-3-8-10(14)11(16-17)7(12)5-13-8/h3-5H,6H2,1-2H3. The van der Waals surface area contributed by atoms with Gasteiger partial charge in [0.1, 0.15) is 5.52 Å². The molecule has 1 aliphatic rings. The Bertz CT molecular complexity index is 681. The molecular weight excluding hydrogens is 239 g/mol. The van der Waals surface area contributed by atoms with Crippen LogP contribution in [0.4, 0.5) is 4.39 Å². The van der Waals surface area contributed by atoms with Gasteiger partial charge in [-0.15, -0.1) is 0 Å². The van der Waals surface area contributed by atoms with E-state index in [9.17, 15) is 9.18 Å². The average Bonchev–Trinajstić information content (AvgIpc) is 2.26. The Hall–Kier alpha value is -1.69. The van der Waals surface area contributed by atoms with E-state index in [1.807, 2.05) is 13.1 Å². The lowest BCUT2D eigenvalue weighted by Crippen LogP contribution is -2.46. The molecule has 0 radical (unpaired) electrons. The fourth-order valence-electron chi connectivity index (χ4n) is 2.15. The van der Waals surface area contributed by atoms with Gasteiger partial charge in [0, 0.05) is 6.07 Å². The predicted molar refractivity (Wildman–Crippen MR) is 64.1 cm³/mol. The zero-order chi connectivity index (χ0) is 12.2. The number of rotatable bonds is 0. The largest absolute Gasteiger partial charge is 0.539 e. The molecule has 88 valence electrons. The van der Waals surface area contributed by atoms with Crippen LogP contribution in [-0.2, 0) is 6.17 Å². The smallest absolute Gasteiger partial charge is 0.264 e. The van der Waals surface area contributed by atoms with E-state index in [-0.39, 0.29) is 11.3 Å². The first-order valence-electron chi connectivity index (χ1n) is 5.35. The summed E-state index contributed by atoms with van der Waals surface area (Å²) < 4.78 is 21.0. The molecule has 1 aliphatic heterocycles. The summed E-state index contributed by atoms with van der Waals surface area (Å²) in [6.45, 7) is 3.92. The normalized spacial score (nSPS) is 16.9. The molecule has 0 atom stereocenters. The lowest BCUT2D eigenvalue weighted by molar-refractivity contribution is 0.466. The van der Waals surface area contributed by atoms with E-state index in [4.69, 9.17) is 4.43 Å². The van der Waals surface area contributed by atoms with E-state index in [1.165, 1.54) is 6.07 Å². The second-order valence-electron chi connectivity index (χ2n) is 4.79. The first kappa shape index (κ1) is 10.5. The molecule has 0 amide bonds. The fourth-order valence-corrected chi connectivity index (χ4v) is 4.04. The van der Waals surface area contributed by atoms with Crippen LogP contribution < -0.4 is 9.99 Å². The number of pyridine rings is 2. The van der Waals surface area contributed by atoms with Gasteiger partial charge in [0.15, 0.2) is 11.6 Å². The molecule has 2 aromatic rings. The number of hydrogen-bond donors (Lipinski definition) is 0. The summed E-state index contributed by atoms with van der Waals surface area (Å²) in [7, 11) is -2.08. The van der Waals surface area contributed by atoms with Crippen LogP contribution in [0.25, 0.3) is 11.0 Å². The van der Waals surface area contributed by atoms with Crippen LogP contribution >= 0.6 is 0 Å². The van der Waals surface area contributed by atoms with Crippen molar-refractivity contribution in [1.29, 1.82) is 0 Å². The van der Waals surface area contributed by atoms with Crippen molar-refractivity contribution in [3.63, 3.8) is 0 Å². The summed E-state index contributed by atoms with van der Waals surface area (Å²) in [5.41, 5.74) is 0.935. The molecule has 17 heavy (non-hydrogen) atoms. The third-order valence-corrected chi connectivity index (χ3v) is 4.66. The molecule has 0 fully saturated rings. The van der Waals surface area contributed by atoms with Crippen molar-refractivity contribution in [2.24, 2.45) is 0 Å². The van der Waals surface area contributed by atoms with Crippen molar-refractivity contribution in [3.05, 3.63) is 34.5 Å². The van der Waals surface area contributed by atoms with Gasteiger partial charge < -0.3 is 8.99 Å². The van der Waals surface area contributed by atoms with Gasteiger partial charge in [0.05, 0.1) is 17.9 Å². The molecule has 0 spiro atoms. The first-order chi connectivity index (χ1) is 7.98. The Balaban J connectivity index is 2.49. The summed E-state index contributed by atoms with van der Waals surface area (Å²) in [5, 5.41) is 0. The van der Waals surface area contributed by atoms with Crippen LogP contribution in [-0.4, -0.2) is 17.9 Å². The van der Waals surface area contributed by atoms with Crippen molar-refractivity contribution >= 4 is 19.4 Å². The van der Waals surface area contributed by atoms with Crippen LogP contribution in [0, 0.1) is 5.82 Å². The van der Waals surface area contributed by atoms with Gasteiger partial charge >= 0.3 is 0 Å². The summed E-state index contributed by atoms with van der Waals surface area (Å²) >= 11 is 0. The van der Waals surface area contributed by atoms with Crippen LogP contribution in [0.5, 0.6) is 5.75 Å². The third-order valence-electron chi connectivity index (χ3n) is 2.83. The molecule has 3 heterocycles. The van der Waals surface area contributed by atoms with Gasteiger partial charge in [-0.25, -0.2) is 4.39 Å². The van der Waals surface area contributed by atoms with Gasteiger partial charge in [-0.2, -0.15) is 0 Å². The van der Waals surface area contributed by atoms with E-state index in [0.717, 1.165) is 6.20 Å². The lowest BCUT2D eigenvalue weighted by Gasteiger charge is -2.31. The summed E-state index contributed by atoms with van der Waals surface area (Å²) in [6, 6.07) is 3.06. The number of nitrogens with zero attached hydrogens (tertiary/aromatic N) is 2. The van der Waals surface area contributed by atoms with Crippen molar-refractivity contribution < 1.29 is 8.82 Å². The van der Waals surface area contributed by atoms with E-state index >= 15 is 0 Å². The summed E-state index contributed by atoms with van der Waals surface area (Å²) in [4.78, 5) is 15.8. The number of aromatic nitrogens is 2. The molecule has 6 heteroatoms. The Morgan fingerprint density at radius 3 is 3.00 bits per heavy atom. The highest BCUT2D eigenvalue weighted by Crippen LogP contribution is 2.32. The van der Waals surface area contributed by atoms with Crippen LogP contribution in [0.3, 0.4) is 0 Å². The maximum absolute atomic E-state index is 13.7. The molecule has 0 N–H and O–H groups in total. The lowest BCUT2D eigenvalue weighted by atomic mass is 10.3. The van der Waals surface area contributed by atoms with Crippen LogP contribution in [0.2, 0.25) is 13.1 Å². The van der Waals surface area contributed by atoms with Crippen LogP contribution in [0.1, 0.15) is 0 Å². The number of halogens is 1. The maximum Gasteiger partial charge on any atom is 0.264 e. The minimum Gasteiger partial charge on any atom is -0.539 e. The van der Waals surface area contributed by atoms with Crippen molar-refractivity contribution in [1.82, 2.24) is 9.55 Å². The fraction of sp³-hybridized carbons (Fsp3) is 0.273. The predicted octanol–water partition coefficient (Wildman–Crippen LogP) is 1.67. The van der Waals surface area contributed by atoms with Gasteiger partial charge in [-0.3, -0.25) is 9.78 Å². The van der Waals surface area contributed by atoms with E-state index in [2.05, 4.69) is 4.98 Å². The van der Waals surface area contributed by atoms with Crippen molar-refractivity contribution in [3.8, 4) is 5.75 Å². The molecule has 3 rings (SSSR count). The summed E-state index contributed by atoms with van der Waals surface area (Å²) in [6.07, 6.45) is 1.67. The highest BCUT2D eigenvalue weighted by atomic mass is 28.4. The van der Waals surface area contributed by atoms with Gasteiger partial charge in [-0.05, 0) is 19.2 Å². The molecular formula is C11H11FN2O2Si. The Morgan fingerprint density at radius 2 is 2.24 bits per heavy atom. The molecule has 4 nitrogen and oxygen atoms in total. The topological polar surface area (TPSA) is 44.1 Å². The minimum absolute atomic E-state index is 0.130. The Morgan fingerprint density at radius 1 is 1.47 bits per heavy atom. The minimum atomic E-state index is -2.08. The SMILES string of the molecule is C[Si]1(C)Cn2c(=O)ccc3ncc(F)c(c32)O1. The highest BCUT2D eigenvalue weighted by Gasteiger charge is 2.33. The second kappa shape index (κ2) is 3.16. The first-order valence-corrected chi connectivity index (χ1v) is 8.46. The van der Waals surface area contributed by atoms with Crippen LogP contribution in [0.15, 0.2) is 23.1 Å². The van der Waals surface area contributed by atoms with Gasteiger partial charge in [0.25, 0.3) is 13.9 Å². The molecule has 0 saturated carbocycles. The second-order valence-corrected chi connectivity index (χ2v) is 8.83. The molecule has 0 bridgehead atoms. The monoisotopic (exact) mass is 250 g/mol. The van der Waals surface area contributed by atoms with E-state index in [0.29, 0.717) is 17.2 Å². The quantitative estimate of drug-likeness (QED) is 0.668. The molecule has 0 aliphatic carbocycles. The highest BCUT2D eigenvalue weighted by molar-refractivity contribution is 6.71. The van der Waals surface area contributed by atoms with Gasteiger partial charge in [-0.1, -0.05) is 0 Å². The Kier molecular flexibility index (Phi) is 1.95. The van der Waals surface area contributed by atoms with Crippen molar-refractivity contribution in [2.75, 3.05) is 0 Å². The molecule has 0 saturated heterocycles. The molecule has 0 unspecified atom stereocenters. The summed E-state index contributed by atoms with van der Waals surface area (Å²) in [5.74, 6) is -0.326. The molecule has 2 aromatic heterocycles. The molecule has 0 aromatic carbocycles. The van der Waals surface area contributed by atoms with Gasteiger partial charge in [0.2, 0.25) is 0 Å². The average molecular weight is 250 g/mol. The third kappa shape index (κ3) is 1.48. The van der Waals surface area contributed by atoms with E-state index in [1.54, 1.807) is 10.6 Å². The number of hydrogen-bond acceptors (Lipinski definition) is 3. The maximum atomic E-state index is 13.7. The zero-order valence-electron chi connectivity index (χ0n) is 9.53. The Labute approximate surface area is 97.8 Å². The van der Waals surface area contributed by atoms with Crippen molar-refractivity contribution in [2.45, 2.75) is 19.3 Å². The van der Waals surface area contributed by atoms with E-state index < -0.39 is 14.1 Å². The zero-order valence-corrected chi connectivity index (χ0v) is 10.5.